The van der Waals surface area contributed by atoms with Gasteiger partial charge in [-0.1, -0.05) is 18.2 Å². The summed E-state index contributed by atoms with van der Waals surface area (Å²) >= 11 is 0. The van der Waals surface area contributed by atoms with Crippen LogP contribution in [0.25, 0.3) is 0 Å². The Balaban J connectivity index is 1.93. The summed E-state index contributed by atoms with van der Waals surface area (Å²) in [7, 11) is 0. The lowest BCUT2D eigenvalue weighted by atomic mass is 9.96. The lowest BCUT2D eigenvalue weighted by Crippen LogP contribution is -2.60. The van der Waals surface area contributed by atoms with Gasteiger partial charge in [-0.2, -0.15) is 0 Å². The zero-order chi connectivity index (χ0) is 12.5. The fourth-order valence-corrected chi connectivity index (χ4v) is 2.25. The Morgan fingerprint density at radius 1 is 1.47 bits per heavy atom. The number of β-amino-alcohol motifs (C(OH)–C–C–N with tert-alkyl or cyclic N) is 1. The Labute approximate surface area is 99.8 Å². The molecule has 0 saturated carbocycles. The summed E-state index contributed by atoms with van der Waals surface area (Å²) in [6.45, 7) is 3.84. The van der Waals surface area contributed by atoms with Crippen LogP contribution in [-0.2, 0) is 6.42 Å². The standard InChI is InChI=1S/C12H16N2O3/c1-12(15)8-13(9-12)7-6-10-4-2-3-5-11(10)14(16)17/h2-5,15H,6-9H2,1H3. The van der Waals surface area contributed by atoms with E-state index in [2.05, 4.69) is 4.90 Å². The van der Waals surface area contributed by atoms with Crippen molar-refractivity contribution in [1.29, 1.82) is 0 Å². The molecule has 1 aromatic rings. The van der Waals surface area contributed by atoms with Gasteiger partial charge in [0, 0.05) is 31.3 Å². The first kappa shape index (κ1) is 12.0. The van der Waals surface area contributed by atoms with Gasteiger partial charge >= 0.3 is 0 Å². The van der Waals surface area contributed by atoms with Crippen molar-refractivity contribution in [2.45, 2.75) is 18.9 Å². The van der Waals surface area contributed by atoms with Crippen molar-refractivity contribution >= 4 is 5.69 Å². The molecule has 92 valence electrons. The second-order valence-electron chi connectivity index (χ2n) is 4.84. The predicted molar refractivity (Wildman–Crippen MR) is 63.9 cm³/mol. The molecule has 0 bridgehead atoms. The lowest BCUT2D eigenvalue weighted by Gasteiger charge is -2.44. The van der Waals surface area contributed by atoms with Gasteiger partial charge in [0.05, 0.1) is 10.5 Å². The first-order valence-electron chi connectivity index (χ1n) is 5.65. The van der Waals surface area contributed by atoms with Crippen LogP contribution in [0.5, 0.6) is 0 Å². The van der Waals surface area contributed by atoms with Gasteiger partial charge in [0.25, 0.3) is 5.69 Å². The maximum atomic E-state index is 10.8. The van der Waals surface area contributed by atoms with E-state index in [1.54, 1.807) is 19.1 Å². The smallest absolute Gasteiger partial charge is 0.272 e. The van der Waals surface area contributed by atoms with E-state index in [0.29, 0.717) is 19.5 Å². The average Bonchev–Trinajstić information content (AvgIpc) is 2.23. The summed E-state index contributed by atoms with van der Waals surface area (Å²) in [5.74, 6) is 0. The summed E-state index contributed by atoms with van der Waals surface area (Å²) in [5, 5.41) is 20.4. The number of hydrogen-bond donors (Lipinski definition) is 1. The zero-order valence-corrected chi connectivity index (χ0v) is 9.80. The molecular weight excluding hydrogens is 220 g/mol. The number of nitrogens with zero attached hydrogens (tertiary/aromatic N) is 2. The minimum atomic E-state index is -0.581. The van der Waals surface area contributed by atoms with Gasteiger partial charge < -0.3 is 5.11 Å². The van der Waals surface area contributed by atoms with E-state index < -0.39 is 5.60 Å². The van der Waals surface area contributed by atoms with Gasteiger partial charge in [-0.3, -0.25) is 15.0 Å². The molecule has 1 fully saturated rings. The van der Waals surface area contributed by atoms with Gasteiger partial charge in [0.15, 0.2) is 0 Å². The molecule has 1 N–H and O–H groups in total. The van der Waals surface area contributed by atoms with E-state index >= 15 is 0 Å². The van der Waals surface area contributed by atoms with Crippen LogP contribution in [0.1, 0.15) is 12.5 Å². The molecular formula is C12H16N2O3. The summed E-state index contributed by atoms with van der Waals surface area (Å²) in [6.07, 6.45) is 0.646. The molecule has 1 saturated heterocycles. The molecule has 0 radical (unpaired) electrons. The molecule has 0 aromatic heterocycles. The Kier molecular flexibility index (Phi) is 3.13. The Bertz CT molecular complexity index is 424. The van der Waals surface area contributed by atoms with Crippen LogP contribution >= 0.6 is 0 Å². The van der Waals surface area contributed by atoms with Gasteiger partial charge in [0.1, 0.15) is 0 Å². The first-order valence-corrected chi connectivity index (χ1v) is 5.65. The van der Waals surface area contributed by atoms with Crippen molar-refractivity contribution in [3.8, 4) is 0 Å². The number of rotatable bonds is 4. The monoisotopic (exact) mass is 236 g/mol. The predicted octanol–water partition coefficient (Wildman–Crippen LogP) is 1.20. The normalized spacial score (nSPS) is 18.7. The quantitative estimate of drug-likeness (QED) is 0.630. The molecule has 5 nitrogen and oxygen atoms in total. The Hall–Kier alpha value is -1.46. The highest BCUT2D eigenvalue weighted by Gasteiger charge is 2.35. The van der Waals surface area contributed by atoms with Crippen LogP contribution in [0.2, 0.25) is 0 Å². The second kappa shape index (κ2) is 4.43. The number of benzene rings is 1. The molecule has 0 spiro atoms. The molecule has 1 aliphatic rings. The first-order chi connectivity index (χ1) is 7.98. The van der Waals surface area contributed by atoms with Crippen molar-refractivity contribution in [1.82, 2.24) is 4.90 Å². The third-order valence-corrected chi connectivity index (χ3v) is 3.01. The van der Waals surface area contributed by atoms with Crippen LogP contribution in [-0.4, -0.2) is 40.2 Å². The van der Waals surface area contributed by atoms with Crippen LogP contribution in [0.15, 0.2) is 24.3 Å². The molecule has 17 heavy (non-hydrogen) atoms. The highest BCUT2D eigenvalue weighted by atomic mass is 16.6. The molecule has 1 aromatic carbocycles. The van der Waals surface area contributed by atoms with Crippen molar-refractivity contribution in [3.63, 3.8) is 0 Å². The second-order valence-corrected chi connectivity index (χ2v) is 4.84. The van der Waals surface area contributed by atoms with E-state index in [-0.39, 0.29) is 10.6 Å². The highest BCUT2D eigenvalue weighted by molar-refractivity contribution is 5.39. The van der Waals surface area contributed by atoms with Gasteiger partial charge in [0.2, 0.25) is 0 Å². The molecule has 1 aliphatic heterocycles. The third kappa shape index (κ3) is 2.81. The van der Waals surface area contributed by atoms with E-state index in [4.69, 9.17) is 0 Å². The third-order valence-electron chi connectivity index (χ3n) is 3.01. The molecule has 0 unspecified atom stereocenters. The minimum absolute atomic E-state index is 0.180. The molecule has 2 rings (SSSR count). The van der Waals surface area contributed by atoms with Crippen LogP contribution in [0.4, 0.5) is 5.69 Å². The topological polar surface area (TPSA) is 66.6 Å². The van der Waals surface area contributed by atoms with Gasteiger partial charge in [-0.25, -0.2) is 0 Å². The number of likely N-dealkylation sites (tertiary alicyclic amines) is 1. The fraction of sp³-hybridized carbons (Fsp3) is 0.500. The van der Waals surface area contributed by atoms with Crippen molar-refractivity contribution in [2.75, 3.05) is 19.6 Å². The maximum Gasteiger partial charge on any atom is 0.272 e. The summed E-state index contributed by atoms with van der Waals surface area (Å²) in [5.41, 5.74) is 0.353. The molecule has 5 heteroatoms. The number of nitro groups is 1. The lowest BCUT2D eigenvalue weighted by molar-refractivity contribution is -0.385. The van der Waals surface area contributed by atoms with E-state index in [0.717, 1.165) is 12.1 Å². The number of hydrogen-bond acceptors (Lipinski definition) is 4. The van der Waals surface area contributed by atoms with Gasteiger partial charge in [-0.15, -0.1) is 0 Å². The number of nitro benzene ring substituents is 1. The van der Waals surface area contributed by atoms with E-state index in [1.165, 1.54) is 6.07 Å². The maximum absolute atomic E-state index is 10.8. The van der Waals surface area contributed by atoms with Crippen molar-refractivity contribution in [3.05, 3.63) is 39.9 Å². The number of para-hydroxylation sites is 1. The summed E-state index contributed by atoms with van der Waals surface area (Å²) < 4.78 is 0. The summed E-state index contributed by atoms with van der Waals surface area (Å²) in [6, 6.07) is 6.81. The zero-order valence-electron chi connectivity index (χ0n) is 9.80. The molecule has 0 atom stereocenters. The fourth-order valence-electron chi connectivity index (χ4n) is 2.25. The largest absolute Gasteiger partial charge is 0.388 e. The summed E-state index contributed by atoms with van der Waals surface area (Å²) in [4.78, 5) is 12.6. The highest BCUT2D eigenvalue weighted by Crippen LogP contribution is 2.22. The van der Waals surface area contributed by atoms with E-state index in [1.807, 2.05) is 6.07 Å². The van der Waals surface area contributed by atoms with Crippen LogP contribution < -0.4 is 0 Å². The molecule has 1 heterocycles. The molecule has 0 amide bonds. The SMILES string of the molecule is CC1(O)CN(CCc2ccccc2[N+](=O)[O-])C1. The van der Waals surface area contributed by atoms with Crippen LogP contribution in [0.3, 0.4) is 0 Å². The average molecular weight is 236 g/mol. The molecule has 0 aliphatic carbocycles. The van der Waals surface area contributed by atoms with Crippen LogP contribution in [0, 0.1) is 10.1 Å². The van der Waals surface area contributed by atoms with E-state index in [9.17, 15) is 15.2 Å². The minimum Gasteiger partial charge on any atom is -0.388 e. The number of aliphatic hydroxyl groups is 1. The van der Waals surface area contributed by atoms with Crippen molar-refractivity contribution in [2.24, 2.45) is 0 Å². The Morgan fingerprint density at radius 3 is 2.71 bits per heavy atom. The van der Waals surface area contributed by atoms with Gasteiger partial charge in [-0.05, 0) is 13.3 Å². The Morgan fingerprint density at radius 2 is 2.12 bits per heavy atom. The van der Waals surface area contributed by atoms with Crippen molar-refractivity contribution < 1.29 is 10.0 Å².